The number of aryl methyl sites for hydroxylation is 1. The number of amides is 1. The zero-order valence-electron chi connectivity index (χ0n) is 15.1. The number of para-hydroxylation sites is 1. The standard InChI is InChI=1S/C20H21N5OS/c1-2-14-6-3-4-8-17(14)22-18(26)13-27-20-24-23-19(25(20)16-9-10-16)15-7-5-11-21-12-15/h3-8,11-12,16H,2,9-10,13H2,1H3,(H,22,26). The summed E-state index contributed by atoms with van der Waals surface area (Å²) in [6, 6.07) is 12.2. The Morgan fingerprint density at radius 1 is 1.22 bits per heavy atom. The number of benzene rings is 1. The van der Waals surface area contributed by atoms with Gasteiger partial charge in [0.05, 0.1) is 5.75 Å². The van der Waals surface area contributed by atoms with Crippen LogP contribution in [0.1, 0.15) is 31.4 Å². The number of nitrogens with one attached hydrogen (secondary N) is 1. The largest absolute Gasteiger partial charge is 0.325 e. The van der Waals surface area contributed by atoms with E-state index in [1.165, 1.54) is 11.8 Å². The number of pyridine rings is 1. The van der Waals surface area contributed by atoms with E-state index in [1.54, 1.807) is 12.4 Å². The molecule has 6 nitrogen and oxygen atoms in total. The molecule has 1 fully saturated rings. The molecule has 0 aliphatic heterocycles. The molecule has 7 heteroatoms. The molecule has 4 rings (SSSR count). The van der Waals surface area contributed by atoms with E-state index in [4.69, 9.17) is 0 Å². The minimum Gasteiger partial charge on any atom is -0.325 e. The Kier molecular flexibility index (Phi) is 5.20. The first kappa shape index (κ1) is 17.7. The van der Waals surface area contributed by atoms with Gasteiger partial charge in [-0.25, -0.2) is 0 Å². The van der Waals surface area contributed by atoms with Gasteiger partial charge in [-0.05, 0) is 43.0 Å². The molecule has 1 saturated carbocycles. The summed E-state index contributed by atoms with van der Waals surface area (Å²) in [6.07, 6.45) is 6.67. The second-order valence-corrected chi connectivity index (χ2v) is 7.44. The van der Waals surface area contributed by atoms with Gasteiger partial charge in [-0.15, -0.1) is 10.2 Å². The van der Waals surface area contributed by atoms with Crippen molar-refractivity contribution in [2.45, 2.75) is 37.4 Å². The van der Waals surface area contributed by atoms with Crippen LogP contribution in [-0.2, 0) is 11.2 Å². The van der Waals surface area contributed by atoms with E-state index in [1.807, 2.05) is 36.4 Å². The highest BCUT2D eigenvalue weighted by molar-refractivity contribution is 7.99. The van der Waals surface area contributed by atoms with Crippen LogP contribution in [-0.4, -0.2) is 31.4 Å². The molecule has 1 aliphatic carbocycles. The number of hydrogen-bond acceptors (Lipinski definition) is 5. The molecule has 0 unspecified atom stereocenters. The molecule has 0 bridgehead atoms. The SMILES string of the molecule is CCc1ccccc1NC(=O)CSc1nnc(-c2cccnc2)n1C1CC1. The summed E-state index contributed by atoms with van der Waals surface area (Å²) < 4.78 is 2.15. The Hall–Kier alpha value is -2.67. The number of hydrogen-bond donors (Lipinski definition) is 1. The van der Waals surface area contributed by atoms with E-state index in [9.17, 15) is 4.79 Å². The van der Waals surface area contributed by atoms with Crippen LogP contribution in [0.4, 0.5) is 5.69 Å². The van der Waals surface area contributed by atoms with Crippen LogP contribution >= 0.6 is 11.8 Å². The van der Waals surface area contributed by atoms with Gasteiger partial charge in [-0.2, -0.15) is 0 Å². The van der Waals surface area contributed by atoms with Crippen molar-refractivity contribution in [2.75, 3.05) is 11.1 Å². The van der Waals surface area contributed by atoms with Crippen LogP contribution in [0.3, 0.4) is 0 Å². The smallest absolute Gasteiger partial charge is 0.234 e. The van der Waals surface area contributed by atoms with Gasteiger partial charge in [0.15, 0.2) is 11.0 Å². The van der Waals surface area contributed by atoms with Crippen LogP contribution in [0.15, 0.2) is 53.9 Å². The highest BCUT2D eigenvalue weighted by Crippen LogP contribution is 2.40. The van der Waals surface area contributed by atoms with Crippen LogP contribution in [0, 0.1) is 0 Å². The fourth-order valence-electron chi connectivity index (χ4n) is 3.00. The molecule has 1 amide bonds. The maximum absolute atomic E-state index is 12.4. The van der Waals surface area contributed by atoms with E-state index in [0.717, 1.165) is 47.1 Å². The fraction of sp³-hybridized carbons (Fsp3) is 0.300. The zero-order valence-corrected chi connectivity index (χ0v) is 15.9. The second-order valence-electron chi connectivity index (χ2n) is 6.50. The summed E-state index contributed by atoms with van der Waals surface area (Å²) in [4.78, 5) is 16.6. The summed E-state index contributed by atoms with van der Waals surface area (Å²) in [5.41, 5.74) is 2.96. The molecule has 0 atom stereocenters. The van der Waals surface area contributed by atoms with Crippen molar-refractivity contribution >= 4 is 23.4 Å². The first-order valence-electron chi connectivity index (χ1n) is 9.12. The summed E-state index contributed by atoms with van der Waals surface area (Å²) in [5.74, 6) is 1.09. The first-order valence-corrected chi connectivity index (χ1v) is 10.1. The lowest BCUT2D eigenvalue weighted by Gasteiger charge is -2.10. The molecule has 1 aliphatic rings. The third kappa shape index (κ3) is 4.03. The summed E-state index contributed by atoms with van der Waals surface area (Å²) >= 11 is 1.43. The number of anilines is 1. The Labute approximate surface area is 162 Å². The predicted molar refractivity (Wildman–Crippen MR) is 107 cm³/mol. The topological polar surface area (TPSA) is 72.7 Å². The van der Waals surface area contributed by atoms with E-state index in [2.05, 4.69) is 32.0 Å². The molecule has 0 saturated heterocycles. The van der Waals surface area contributed by atoms with Crippen LogP contribution in [0.2, 0.25) is 0 Å². The van der Waals surface area contributed by atoms with Gasteiger partial charge in [0.25, 0.3) is 0 Å². The number of nitrogens with zero attached hydrogens (tertiary/aromatic N) is 4. The van der Waals surface area contributed by atoms with Gasteiger partial charge in [-0.3, -0.25) is 14.3 Å². The van der Waals surface area contributed by atoms with Crippen molar-refractivity contribution < 1.29 is 4.79 Å². The molecular weight excluding hydrogens is 358 g/mol. The lowest BCUT2D eigenvalue weighted by molar-refractivity contribution is -0.113. The molecule has 1 aromatic carbocycles. The lowest BCUT2D eigenvalue weighted by Crippen LogP contribution is -2.15. The first-order chi connectivity index (χ1) is 13.3. The van der Waals surface area contributed by atoms with Gasteiger partial charge in [0, 0.05) is 29.7 Å². The second kappa shape index (κ2) is 7.92. The summed E-state index contributed by atoms with van der Waals surface area (Å²) in [7, 11) is 0. The lowest BCUT2D eigenvalue weighted by atomic mass is 10.1. The quantitative estimate of drug-likeness (QED) is 0.629. The van der Waals surface area contributed by atoms with E-state index < -0.39 is 0 Å². The highest BCUT2D eigenvalue weighted by Gasteiger charge is 2.30. The maximum Gasteiger partial charge on any atom is 0.234 e. The van der Waals surface area contributed by atoms with Crippen molar-refractivity contribution in [2.24, 2.45) is 0 Å². The maximum atomic E-state index is 12.4. The number of rotatable bonds is 7. The minimum absolute atomic E-state index is 0.0332. The zero-order chi connectivity index (χ0) is 18.6. The van der Waals surface area contributed by atoms with E-state index in [-0.39, 0.29) is 5.91 Å². The van der Waals surface area contributed by atoms with Crippen molar-refractivity contribution in [3.05, 3.63) is 54.4 Å². The molecule has 0 spiro atoms. The van der Waals surface area contributed by atoms with Crippen molar-refractivity contribution in [1.82, 2.24) is 19.7 Å². The Morgan fingerprint density at radius 3 is 2.81 bits per heavy atom. The molecular formula is C20H21N5OS. The number of aromatic nitrogens is 4. The number of carbonyl (C=O) groups is 1. The third-order valence-electron chi connectivity index (χ3n) is 4.50. The monoisotopic (exact) mass is 379 g/mol. The Bertz CT molecular complexity index is 937. The van der Waals surface area contributed by atoms with E-state index in [0.29, 0.717) is 11.8 Å². The highest BCUT2D eigenvalue weighted by atomic mass is 32.2. The van der Waals surface area contributed by atoms with Crippen LogP contribution < -0.4 is 5.32 Å². The van der Waals surface area contributed by atoms with Crippen LogP contribution in [0.25, 0.3) is 11.4 Å². The average molecular weight is 379 g/mol. The predicted octanol–water partition coefficient (Wildman–Crippen LogP) is 3.97. The van der Waals surface area contributed by atoms with Gasteiger partial charge in [0.1, 0.15) is 0 Å². The Balaban J connectivity index is 1.47. The summed E-state index contributed by atoms with van der Waals surface area (Å²) in [5, 5.41) is 12.5. The Morgan fingerprint density at radius 2 is 2.07 bits per heavy atom. The fourth-order valence-corrected chi connectivity index (χ4v) is 3.80. The minimum atomic E-state index is -0.0332. The van der Waals surface area contributed by atoms with Gasteiger partial charge in [0.2, 0.25) is 5.91 Å². The van der Waals surface area contributed by atoms with E-state index >= 15 is 0 Å². The van der Waals surface area contributed by atoms with Crippen LogP contribution in [0.5, 0.6) is 0 Å². The molecule has 2 aromatic heterocycles. The average Bonchev–Trinajstić information content (AvgIpc) is 3.46. The van der Waals surface area contributed by atoms with Crippen molar-refractivity contribution in [3.8, 4) is 11.4 Å². The van der Waals surface area contributed by atoms with Gasteiger partial charge in [-0.1, -0.05) is 36.9 Å². The molecule has 3 aromatic rings. The van der Waals surface area contributed by atoms with Gasteiger partial charge >= 0.3 is 0 Å². The summed E-state index contributed by atoms with van der Waals surface area (Å²) in [6.45, 7) is 2.08. The van der Waals surface area contributed by atoms with Crippen molar-refractivity contribution in [1.29, 1.82) is 0 Å². The third-order valence-corrected chi connectivity index (χ3v) is 5.44. The number of carbonyl (C=O) groups excluding carboxylic acids is 1. The molecule has 2 heterocycles. The van der Waals surface area contributed by atoms with Gasteiger partial charge < -0.3 is 5.32 Å². The molecule has 27 heavy (non-hydrogen) atoms. The molecule has 1 N–H and O–H groups in total. The number of thioether (sulfide) groups is 1. The van der Waals surface area contributed by atoms with Crippen molar-refractivity contribution in [3.63, 3.8) is 0 Å². The molecule has 0 radical (unpaired) electrons. The molecule has 138 valence electrons. The normalized spacial score (nSPS) is 13.5.